The summed E-state index contributed by atoms with van der Waals surface area (Å²) in [5.41, 5.74) is 4.44. The van der Waals surface area contributed by atoms with Crippen molar-refractivity contribution in [3.63, 3.8) is 0 Å². The molecule has 2 aromatic carbocycles. The fraction of sp³-hybridized carbons (Fsp3) is 0.333. The van der Waals surface area contributed by atoms with Crippen LogP contribution in [0.5, 0.6) is 5.75 Å². The largest absolute Gasteiger partial charge is 0.506 e. The number of benzene rings is 2. The minimum absolute atomic E-state index is 0.148. The molecule has 9 heteroatoms. The molecule has 1 aliphatic rings. The van der Waals surface area contributed by atoms with Crippen LogP contribution in [0.4, 0.5) is 5.69 Å². The Morgan fingerprint density at radius 2 is 1.67 bits per heavy atom. The fourth-order valence-corrected chi connectivity index (χ4v) is 4.75. The number of piperazine rings is 1. The number of pyridine rings is 1. The molecule has 0 aliphatic carbocycles. The SMILES string of the molecule is CC(C)(C)S(=O)(=O)NC(=O)c1ccc(N2CCN(Cc3ccccc3-c3cncc(O)c3)CC2)cc1. The lowest BCUT2D eigenvalue weighted by atomic mass is 10.0. The number of hydrogen-bond donors (Lipinski definition) is 2. The summed E-state index contributed by atoms with van der Waals surface area (Å²) in [5, 5.41) is 9.83. The summed E-state index contributed by atoms with van der Waals surface area (Å²) in [7, 11) is -3.76. The quantitative estimate of drug-likeness (QED) is 0.524. The van der Waals surface area contributed by atoms with Crippen LogP contribution in [-0.2, 0) is 16.6 Å². The van der Waals surface area contributed by atoms with E-state index in [4.69, 9.17) is 0 Å². The van der Waals surface area contributed by atoms with Crippen molar-refractivity contribution in [3.8, 4) is 16.9 Å². The second-order valence-electron chi connectivity index (χ2n) is 9.95. The first-order chi connectivity index (χ1) is 17.0. The zero-order valence-electron chi connectivity index (χ0n) is 20.8. The van der Waals surface area contributed by atoms with E-state index in [1.54, 1.807) is 45.2 Å². The van der Waals surface area contributed by atoms with E-state index in [1.807, 2.05) is 30.3 Å². The van der Waals surface area contributed by atoms with Crippen LogP contribution in [-0.4, -0.2) is 60.2 Å². The third-order valence-corrected chi connectivity index (χ3v) is 8.41. The molecule has 1 aromatic heterocycles. The first-order valence-electron chi connectivity index (χ1n) is 11.9. The second kappa shape index (κ2) is 10.3. The molecule has 0 atom stereocenters. The number of sulfonamides is 1. The number of aromatic nitrogens is 1. The molecule has 0 bridgehead atoms. The van der Waals surface area contributed by atoms with Crippen LogP contribution in [0.2, 0.25) is 0 Å². The molecule has 4 rings (SSSR count). The van der Waals surface area contributed by atoms with Crippen molar-refractivity contribution in [2.75, 3.05) is 31.1 Å². The smallest absolute Gasteiger partial charge is 0.264 e. The van der Waals surface area contributed by atoms with E-state index in [9.17, 15) is 18.3 Å². The minimum atomic E-state index is -3.76. The van der Waals surface area contributed by atoms with Gasteiger partial charge in [0.2, 0.25) is 10.0 Å². The summed E-state index contributed by atoms with van der Waals surface area (Å²) < 4.78 is 25.6. The molecule has 190 valence electrons. The first-order valence-corrected chi connectivity index (χ1v) is 13.4. The Kier molecular flexibility index (Phi) is 7.33. The zero-order chi connectivity index (χ0) is 25.9. The third kappa shape index (κ3) is 5.85. The van der Waals surface area contributed by atoms with E-state index in [1.165, 1.54) is 11.8 Å². The third-order valence-electron chi connectivity index (χ3n) is 6.35. The number of nitrogens with zero attached hydrogens (tertiary/aromatic N) is 3. The van der Waals surface area contributed by atoms with E-state index in [2.05, 4.69) is 25.6 Å². The molecule has 1 amide bonds. The van der Waals surface area contributed by atoms with Crippen molar-refractivity contribution in [2.24, 2.45) is 0 Å². The number of aromatic hydroxyl groups is 1. The fourth-order valence-electron chi connectivity index (χ4n) is 4.08. The van der Waals surface area contributed by atoms with Gasteiger partial charge in [0, 0.05) is 55.7 Å². The van der Waals surface area contributed by atoms with Crippen LogP contribution >= 0.6 is 0 Å². The standard InChI is InChI=1S/C27H32N4O4S/c1-27(2,3)36(34,35)29-26(33)20-8-10-23(11-9-20)31-14-12-30(13-15-31)19-21-6-4-5-7-25(21)22-16-24(32)18-28-17-22/h4-11,16-18,32H,12-15,19H2,1-3H3,(H,29,33). The van der Waals surface area contributed by atoms with Gasteiger partial charge in [0.1, 0.15) is 5.75 Å². The van der Waals surface area contributed by atoms with Crippen LogP contribution in [0, 0.1) is 0 Å². The number of carbonyl (C=O) groups excluding carboxylic acids is 1. The number of rotatable bonds is 6. The van der Waals surface area contributed by atoms with Gasteiger partial charge in [-0.2, -0.15) is 0 Å². The zero-order valence-corrected chi connectivity index (χ0v) is 21.6. The molecule has 0 spiro atoms. The molecular weight excluding hydrogens is 476 g/mol. The minimum Gasteiger partial charge on any atom is -0.506 e. The molecule has 0 unspecified atom stereocenters. The normalized spacial score (nSPS) is 15.0. The maximum absolute atomic E-state index is 12.4. The molecule has 0 saturated carbocycles. The van der Waals surface area contributed by atoms with E-state index >= 15 is 0 Å². The summed E-state index contributed by atoms with van der Waals surface area (Å²) in [6.07, 6.45) is 3.19. The van der Waals surface area contributed by atoms with Crippen molar-refractivity contribution >= 4 is 21.6 Å². The molecule has 1 aliphatic heterocycles. The molecule has 1 fully saturated rings. The highest BCUT2D eigenvalue weighted by Crippen LogP contribution is 2.27. The summed E-state index contributed by atoms with van der Waals surface area (Å²) >= 11 is 0. The molecule has 0 radical (unpaired) electrons. The lowest BCUT2D eigenvalue weighted by Gasteiger charge is -2.36. The van der Waals surface area contributed by atoms with Crippen LogP contribution in [0.3, 0.4) is 0 Å². The highest BCUT2D eigenvalue weighted by molar-refractivity contribution is 7.91. The van der Waals surface area contributed by atoms with E-state index in [-0.39, 0.29) is 5.75 Å². The first kappa shape index (κ1) is 25.7. The van der Waals surface area contributed by atoms with Crippen molar-refractivity contribution < 1.29 is 18.3 Å². The van der Waals surface area contributed by atoms with Gasteiger partial charge in [-0.05, 0) is 62.2 Å². The van der Waals surface area contributed by atoms with Gasteiger partial charge in [0.25, 0.3) is 5.91 Å². The predicted molar refractivity (Wildman–Crippen MR) is 141 cm³/mol. The molecule has 2 heterocycles. The second-order valence-corrected chi connectivity index (χ2v) is 12.4. The lowest BCUT2D eigenvalue weighted by molar-refractivity contribution is 0.0980. The van der Waals surface area contributed by atoms with Gasteiger partial charge in [0.15, 0.2) is 0 Å². The maximum Gasteiger partial charge on any atom is 0.264 e. The lowest BCUT2D eigenvalue weighted by Crippen LogP contribution is -2.46. The molecule has 1 saturated heterocycles. The molecule has 8 nitrogen and oxygen atoms in total. The summed E-state index contributed by atoms with van der Waals surface area (Å²) in [5.74, 6) is -0.475. The highest BCUT2D eigenvalue weighted by Gasteiger charge is 2.31. The van der Waals surface area contributed by atoms with Gasteiger partial charge in [-0.15, -0.1) is 0 Å². The van der Waals surface area contributed by atoms with Crippen molar-refractivity contribution in [1.82, 2.24) is 14.6 Å². The Morgan fingerprint density at radius 1 is 1.00 bits per heavy atom. The van der Waals surface area contributed by atoms with Crippen molar-refractivity contribution in [2.45, 2.75) is 32.1 Å². The molecule has 36 heavy (non-hydrogen) atoms. The van der Waals surface area contributed by atoms with Gasteiger partial charge >= 0.3 is 0 Å². The average molecular weight is 509 g/mol. The number of nitrogens with one attached hydrogen (secondary N) is 1. The monoisotopic (exact) mass is 508 g/mol. The van der Waals surface area contributed by atoms with Gasteiger partial charge < -0.3 is 10.0 Å². The molecule has 3 aromatic rings. The number of anilines is 1. The van der Waals surface area contributed by atoms with E-state index in [0.717, 1.165) is 49.5 Å². The van der Waals surface area contributed by atoms with E-state index in [0.29, 0.717) is 5.56 Å². The Hall–Kier alpha value is -3.43. The highest BCUT2D eigenvalue weighted by atomic mass is 32.2. The Balaban J connectivity index is 1.37. The topological polar surface area (TPSA) is 103 Å². The van der Waals surface area contributed by atoms with Crippen molar-refractivity contribution in [3.05, 3.63) is 78.1 Å². The Labute approximate surface area is 212 Å². The van der Waals surface area contributed by atoms with Crippen LogP contribution < -0.4 is 9.62 Å². The summed E-state index contributed by atoms with van der Waals surface area (Å²) in [6.45, 7) is 8.85. The number of amides is 1. The summed E-state index contributed by atoms with van der Waals surface area (Å²) in [4.78, 5) is 21.2. The van der Waals surface area contributed by atoms with Gasteiger partial charge in [-0.1, -0.05) is 24.3 Å². The van der Waals surface area contributed by atoms with E-state index < -0.39 is 20.7 Å². The molecular formula is C27H32N4O4S. The van der Waals surface area contributed by atoms with Crippen molar-refractivity contribution in [1.29, 1.82) is 0 Å². The van der Waals surface area contributed by atoms with Crippen LogP contribution in [0.25, 0.3) is 11.1 Å². The molecule has 2 N–H and O–H groups in total. The Morgan fingerprint density at radius 3 is 2.31 bits per heavy atom. The predicted octanol–water partition coefficient (Wildman–Crippen LogP) is 3.63. The maximum atomic E-state index is 12.4. The van der Waals surface area contributed by atoms with Crippen LogP contribution in [0.15, 0.2) is 67.0 Å². The van der Waals surface area contributed by atoms with Gasteiger partial charge in [-0.25, -0.2) is 13.1 Å². The van der Waals surface area contributed by atoms with Gasteiger partial charge in [0.05, 0.1) is 10.9 Å². The number of carbonyl (C=O) groups is 1. The van der Waals surface area contributed by atoms with Gasteiger partial charge in [-0.3, -0.25) is 14.7 Å². The Bertz CT molecular complexity index is 1330. The van der Waals surface area contributed by atoms with Crippen LogP contribution in [0.1, 0.15) is 36.7 Å². The summed E-state index contributed by atoms with van der Waals surface area (Å²) in [6, 6.07) is 16.9. The number of hydrogen-bond acceptors (Lipinski definition) is 7. The average Bonchev–Trinajstić information content (AvgIpc) is 2.84.